The highest BCUT2D eigenvalue weighted by molar-refractivity contribution is 7.99. The lowest BCUT2D eigenvalue weighted by atomic mass is 10.3. The largest absolute Gasteiger partial charge is 0.354 e. The van der Waals surface area contributed by atoms with Crippen molar-refractivity contribution < 1.29 is 9.59 Å². The molecule has 1 atom stereocenters. The Morgan fingerprint density at radius 2 is 1.88 bits per heavy atom. The van der Waals surface area contributed by atoms with Gasteiger partial charge in [-0.2, -0.15) is 11.8 Å². The molecule has 5 nitrogen and oxygen atoms in total. The molecule has 0 radical (unpaired) electrons. The normalized spacial score (nSPS) is 24.1. The van der Waals surface area contributed by atoms with Crippen LogP contribution >= 0.6 is 11.8 Å². The highest BCUT2D eigenvalue weighted by Gasteiger charge is 2.29. The van der Waals surface area contributed by atoms with Crippen molar-refractivity contribution in [3.8, 4) is 0 Å². The van der Waals surface area contributed by atoms with E-state index in [9.17, 15) is 9.59 Å². The number of carbonyl (C=O) groups excluding carboxylic acids is 2. The summed E-state index contributed by atoms with van der Waals surface area (Å²) < 4.78 is 0. The molecule has 0 aromatic rings. The van der Waals surface area contributed by atoms with Gasteiger partial charge in [-0.25, -0.2) is 0 Å². The Hall–Kier alpha value is -0.750. The minimum Gasteiger partial charge on any atom is -0.354 e. The predicted molar refractivity (Wildman–Crippen MR) is 67.9 cm³/mol. The molecule has 2 amide bonds. The molecule has 17 heavy (non-hydrogen) atoms. The maximum absolute atomic E-state index is 11.7. The molecule has 1 saturated carbocycles. The number of hydrogen-bond acceptors (Lipinski definition) is 4. The first-order chi connectivity index (χ1) is 8.27. The minimum atomic E-state index is -0.0760. The van der Waals surface area contributed by atoms with E-state index >= 15 is 0 Å². The maximum atomic E-state index is 11.7. The third-order valence-electron chi connectivity index (χ3n) is 2.91. The van der Waals surface area contributed by atoms with Crippen LogP contribution in [0.1, 0.15) is 12.8 Å². The van der Waals surface area contributed by atoms with Crippen LogP contribution < -0.4 is 16.0 Å². The molecule has 6 heteroatoms. The van der Waals surface area contributed by atoms with Crippen LogP contribution in [0, 0.1) is 5.92 Å². The summed E-state index contributed by atoms with van der Waals surface area (Å²) in [6.45, 7) is 1.93. The minimum absolute atomic E-state index is 0.0397. The molecule has 0 bridgehead atoms. The second-order valence-electron chi connectivity index (χ2n) is 4.44. The summed E-state index contributed by atoms with van der Waals surface area (Å²) in [5.74, 6) is 2.31. The van der Waals surface area contributed by atoms with Gasteiger partial charge in [0.25, 0.3) is 0 Å². The Morgan fingerprint density at radius 1 is 1.18 bits per heavy atom. The van der Waals surface area contributed by atoms with Gasteiger partial charge in [0, 0.05) is 37.1 Å². The van der Waals surface area contributed by atoms with Crippen LogP contribution in [-0.4, -0.2) is 49.0 Å². The smallest absolute Gasteiger partial charge is 0.238 e. The van der Waals surface area contributed by atoms with Crippen molar-refractivity contribution in [1.82, 2.24) is 16.0 Å². The zero-order valence-electron chi connectivity index (χ0n) is 9.83. The van der Waals surface area contributed by atoms with Crippen LogP contribution in [0.5, 0.6) is 0 Å². The van der Waals surface area contributed by atoms with E-state index in [0.717, 1.165) is 30.9 Å². The summed E-state index contributed by atoms with van der Waals surface area (Å²) in [5.41, 5.74) is 0. The first kappa shape index (κ1) is 12.7. The van der Waals surface area contributed by atoms with E-state index in [1.807, 2.05) is 0 Å². The Labute approximate surface area is 105 Å². The van der Waals surface area contributed by atoms with Crippen molar-refractivity contribution in [3.63, 3.8) is 0 Å². The average molecular weight is 257 g/mol. The van der Waals surface area contributed by atoms with Crippen LogP contribution in [0.2, 0.25) is 0 Å². The molecule has 1 saturated heterocycles. The Kier molecular flexibility index (Phi) is 4.67. The van der Waals surface area contributed by atoms with Gasteiger partial charge in [-0.05, 0) is 12.8 Å². The number of nitrogens with one attached hydrogen (secondary N) is 3. The van der Waals surface area contributed by atoms with Crippen molar-refractivity contribution in [2.24, 2.45) is 5.92 Å². The molecule has 1 heterocycles. The van der Waals surface area contributed by atoms with Crippen LogP contribution in [0.3, 0.4) is 0 Å². The lowest BCUT2D eigenvalue weighted by molar-refractivity contribution is -0.124. The van der Waals surface area contributed by atoms with E-state index in [1.165, 1.54) is 0 Å². The first-order valence-corrected chi connectivity index (χ1v) is 7.29. The van der Waals surface area contributed by atoms with Crippen molar-refractivity contribution in [1.29, 1.82) is 0 Å². The zero-order chi connectivity index (χ0) is 12.1. The fourth-order valence-electron chi connectivity index (χ4n) is 1.72. The Balaban J connectivity index is 1.54. The van der Waals surface area contributed by atoms with Gasteiger partial charge in [-0.1, -0.05) is 0 Å². The van der Waals surface area contributed by atoms with Gasteiger partial charge in [-0.3, -0.25) is 9.59 Å². The molecule has 1 unspecified atom stereocenters. The molecular weight excluding hydrogens is 238 g/mol. The zero-order valence-corrected chi connectivity index (χ0v) is 10.6. The van der Waals surface area contributed by atoms with E-state index in [1.54, 1.807) is 11.8 Å². The highest BCUT2D eigenvalue weighted by Crippen LogP contribution is 2.28. The van der Waals surface area contributed by atoms with Crippen molar-refractivity contribution >= 4 is 23.6 Å². The summed E-state index contributed by atoms with van der Waals surface area (Å²) >= 11 is 1.79. The van der Waals surface area contributed by atoms with E-state index in [0.29, 0.717) is 13.1 Å². The molecule has 1 aliphatic heterocycles. The van der Waals surface area contributed by atoms with Gasteiger partial charge in [0.05, 0.1) is 6.04 Å². The van der Waals surface area contributed by atoms with E-state index in [-0.39, 0.29) is 23.8 Å². The fourth-order valence-corrected chi connectivity index (χ4v) is 2.65. The van der Waals surface area contributed by atoms with Crippen molar-refractivity contribution in [2.75, 3.05) is 31.1 Å². The third-order valence-corrected chi connectivity index (χ3v) is 3.97. The molecular formula is C11H19N3O2S. The highest BCUT2D eigenvalue weighted by atomic mass is 32.2. The van der Waals surface area contributed by atoms with Gasteiger partial charge in [-0.15, -0.1) is 0 Å². The van der Waals surface area contributed by atoms with Gasteiger partial charge in [0.1, 0.15) is 0 Å². The lowest BCUT2D eigenvalue weighted by Crippen LogP contribution is -2.50. The van der Waals surface area contributed by atoms with Crippen LogP contribution in [0.25, 0.3) is 0 Å². The monoisotopic (exact) mass is 257 g/mol. The van der Waals surface area contributed by atoms with Crippen molar-refractivity contribution in [3.05, 3.63) is 0 Å². The maximum Gasteiger partial charge on any atom is 0.238 e. The number of thioether (sulfide) groups is 1. The molecule has 0 spiro atoms. The van der Waals surface area contributed by atoms with Gasteiger partial charge in [0.15, 0.2) is 0 Å². The average Bonchev–Trinajstić information content (AvgIpc) is 3.19. The standard InChI is InChI=1S/C11H19N3O2S/c15-10(8-1-2-8)13-3-4-14-11(16)9-7-17-6-5-12-9/h8-9,12H,1-7H2,(H,13,15)(H,14,16). The molecule has 3 N–H and O–H groups in total. The summed E-state index contributed by atoms with van der Waals surface area (Å²) in [6.07, 6.45) is 2.03. The number of amides is 2. The third kappa shape index (κ3) is 4.20. The Bertz CT molecular complexity index is 288. The SMILES string of the molecule is O=C(NCCNC(=O)C1CSCCN1)C1CC1. The molecule has 96 valence electrons. The topological polar surface area (TPSA) is 70.2 Å². The quantitative estimate of drug-likeness (QED) is 0.572. The van der Waals surface area contributed by atoms with Crippen LogP contribution in [-0.2, 0) is 9.59 Å². The van der Waals surface area contributed by atoms with Gasteiger partial charge >= 0.3 is 0 Å². The van der Waals surface area contributed by atoms with Gasteiger partial charge < -0.3 is 16.0 Å². The summed E-state index contributed by atoms with van der Waals surface area (Å²) in [6, 6.07) is -0.0760. The predicted octanol–water partition coefficient (Wildman–Crippen LogP) is -0.666. The molecule has 2 rings (SSSR count). The summed E-state index contributed by atoms with van der Waals surface area (Å²) in [5, 5.41) is 8.84. The number of carbonyl (C=O) groups is 2. The molecule has 1 aliphatic carbocycles. The van der Waals surface area contributed by atoms with Crippen LogP contribution in [0.4, 0.5) is 0 Å². The molecule has 0 aromatic heterocycles. The summed E-state index contributed by atoms with van der Waals surface area (Å²) in [7, 11) is 0. The second-order valence-corrected chi connectivity index (χ2v) is 5.59. The first-order valence-electron chi connectivity index (χ1n) is 6.14. The summed E-state index contributed by atoms with van der Waals surface area (Å²) in [4.78, 5) is 23.0. The van der Waals surface area contributed by atoms with Gasteiger partial charge in [0.2, 0.25) is 11.8 Å². The lowest BCUT2D eigenvalue weighted by Gasteiger charge is -2.22. The molecule has 2 aliphatic rings. The number of hydrogen-bond donors (Lipinski definition) is 3. The van der Waals surface area contributed by atoms with E-state index in [2.05, 4.69) is 16.0 Å². The fraction of sp³-hybridized carbons (Fsp3) is 0.818. The van der Waals surface area contributed by atoms with Crippen LogP contribution in [0.15, 0.2) is 0 Å². The van der Waals surface area contributed by atoms with E-state index in [4.69, 9.17) is 0 Å². The number of rotatable bonds is 5. The van der Waals surface area contributed by atoms with E-state index < -0.39 is 0 Å². The molecule has 0 aromatic carbocycles. The Morgan fingerprint density at radius 3 is 2.47 bits per heavy atom. The second kappa shape index (κ2) is 6.26. The van der Waals surface area contributed by atoms with Crippen molar-refractivity contribution in [2.45, 2.75) is 18.9 Å². The molecule has 2 fully saturated rings.